The molecule has 2 aromatic heterocycles. The Kier molecular flexibility index (Phi) is 5.62. The molecule has 0 saturated heterocycles. The molecule has 176 valence electrons. The highest BCUT2D eigenvalue weighted by Gasteiger charge is 2.21. The van der Waals surface area contributed by atoms with Crippen LogP contribution in [-0.4, -0.2) is 40.1 Å². The standard InChI is InChI=1S/C21H13ClFN7O4S/c22-11-1-8-17(16(9-11)20-25-29-30-26-20)24-21(31)19-15-7-4-13(10-18(15)34-27-19)28-35(32,33)14-5-2-12(23)3-6-14/h1-10,28H,(H,24,31)(H,25,26,29,30). The van der Waals surface area contributed by atoms with Gasteiger partial charge in [0.25, 0.3) is 15.9 Å². The van der Waals surface area contributed by atoms with Crippen molar-refractivity contribution >= 4 is 49.9 Å². The molecule has 0 aliphatic carbocycles. The van der Waals surface area contributed by atoms with E-state index in [-0.39, 0.29) is 27.7 Å². The first-order chi connectivity index (χ1) is 16.8. The van der Waals surface area contributed by atoms with E-state index in [9.17, 15) is 17.6 Å². The van der Waals surface area contributed by atoms with Gasteiger partial charge in [-0.2, -0.15) is 5.21 Å². The van der Waals surface area contributed by atoms with Gasteiger partial charge in [0.05, 0.1) is 21.7 Å². The van der Waals surface area contributed by atoms with E-state index in [1.807, 2.05) is 0 Å². The molecule has 3 aromatic carbocycles. The van der Waals surface area contributed by atoms with Crippen LogP contribution < -0.4 is 10.0 Å². The summed E-state index contributed by atoms with van der Waals surface area (Å²) in [5.41, 5.74) is 1.11. The molecule has 2 heterocycles. The fraction of sp³-hybridized carbons (Fsp3) is 0. The lowest BCUT2D eigenvalue weighted by atomic mass is 10.1. The van der Waals surface area contributed by atoms with Gasteiger partial charge in [-0.05, 0) is 59.8 Å². The summed E-state index contributed by atoms with van der Waals surface area (Å²) in [7, 11) is -3.97. The summed E-state index contributed by atoms with van der Waals surface area (Å²) in [5, 5.41) is 21.0. The molecule has 1 amide bonds. The van der Waals surface area contributed by atoms with Crippen molar-refractivity contribution in [1.29, 1.82) is 0 Å². The minimum absolute atomic E-state index is 0.0260. The number of benzene rings is 3. The third kappa shape index (κ3) is 4.54. The topological polar surface area (TPSA) is 156 Å². The number of rotatable bonds is 6. The first kappa shape index (κ1) is 22.4. The SMILES string of the molecule is O=C(Nc1ccc(Cl)cc1-c1nn[nH]n1)c1noc2cc(NS(=O)(=O)c3ccc(F)cc3)ccc12. The molecule has 0 fully saturated rings. The highest BCUT2D eigenvalue weighted by atomic mass is 35.5. The van der Waals surface area contributed by atoms with Crippen molar-refractivity contribution in [2.24, 2.45) is 0 Å². The summed E-state index contributed by atoms with van der Waals surface area (Å²) in [6, 6.07) is 13.4. The Morgan fingerprint density at radius 1 is 1.06 bits per heavy atom. The number of halogens is 2. The highest BCUT2D eigenvalue weighted by molar-refractivity contribution is 7.92. The summed E-state index contributed by atoms with van der Waals surface area (Å²) in [6.45, 7) is 0. The van der Waals surface area contributed by atoms with Crippen molar-refractivity contribution in [2.75, 3.05) is 10.0 Å². The molecule has 0 aliphatic heterocycles. The fourth-order valence-corrected chi connectivity index (χ4v) is 4.48. The first-order valence-electron chi connectivity index (χ1n) is 9.83. The number of nitrogens with one attached hydrogen (secondary N) is 3. The number of hydrogen-bond donors (Lipinski definition) is 3. The zero-order valence-corrected chi connectivity index (χ0v) is 18.9. The van der Waals surface area contributed by atoms with E-state index in [1.54, 1.807) is 18.2 Å². The van der Waals surface area contributed by atoms with Crippen LogP contribution in [0.2, 0.25) is 5.02 Å². The smallest absolute Gasteiger partial charge is 0.278 e. The second-order valence-electron chi connectivity index (χ2n) is 7.18. The van der Waals surface area contributed by atoms with E-state index in [2.05, 4.69) is 35.8 Å². The maximum absolute atomic E-state index is 13.1. The Balaban J connectivity index is 1.40. The van der Waals surface area contributed by atoms with Gasteiger partial charge in [0, 0.05) is 16.7 Å². The van der Waals surface area contributed by atoms with Gasteiger partial charge < -0.3 is 9.84 Å². The van der Waals surface area contributed by atoms with Crippen LogP contribution in [0.4, 0.5) is 15.8 Å². The number of sulfonamides is 1. The number of fused-ring (bicyclic) bond motifs is 1. The molecule has 11 nitrogen and oxygen atoms in total. The van der Waals surface area contributed by atoms with Crippen molar-refractivity contribution < 1.29 is 22.1 Å². The molecule has 3 N–H and O–H groups in total. The maximum Gasteiger partial charge on any atom is 0.278 e. The van der Waals surface area contributed by atoms with Gasteiger partial charge in [-0.3, -0.25) is 9.52 Å². The average molecular weight is 514 g/mol. The number of aromatic nitrogens is 5. The second kappa shape index (κ2) is 8.77. The maximum atomic E-state index is 13.1. The van der Waals surface area contributed by atoms with Crippen LogP contribution in [0.5, 0.6) is 0 Å². The lowest BCUT2D eigenvalue weighted by Crippen LogP contribution is -2.14. The van der Waals surface area contributed by atoms with Crippen molar-refractivity contribution in [3.05, 3.63) is 77.2 Å². The van der Waals surface area contributed by atoms with E-state index < -0.39 is 21.7 Å². The minimum atomic E-state index is -3.97. The second-order valence-corrected chi connectivity index (χ2v) is 9.30. The van der Waals surface area contributed by atoms with Crippen LogP contribution in [-0.2, 0) is 10.0 Å². The Morgan fingerprint density at radius 3 is 2.60 bits per heavy atom. The Bertz CT molecular complexity index is 1660. The van der Waals surface area contributed by atoms with Gasteiger partial charge in [0.2, 0.25) is 5.82 Å². The number of nitrogens with zero attached hydrogens (tertiary/aromatic N) is 4. The Morgan fingerprint density at radius 2 is 1.86 bits per heavy atom. The summed E-state index contributed by atoms with van der Waals surface area (Å²) >= 11 is 6.06. The van der Waals surface area contributed by atoms with Crippen LogP contribution in [0.15, 0.2) is 70.1 Å². The zero-order valence-electron chi connectivity index (χ0n) is 17.4. The first-order valence-corrected chi connectivity index (χ1v) is 11.7. The normalized spacial score (nSPS) is 11.5. The molecule has 0 aliphatic rings. The van der Waals surface area contributed by atoms with Crippen molar-refractivity contribution in [3.63, 3.8) is 0 Å². The molecule has 35 heavy (non-hydrogen) atoms. The van der Waals surface area contributed by atoms with Gasteiger partial charge in [-0.25, -0.2) is 12.8 Å². The molecular weight excluding hydrogens is 501 g/mol. The van der Waals surface area contributed by atoms with Gasteiger partial charge in [-0.1, -0.05) is 16.8 Å². The van der Waals surface area contributed by atoms with Gasteiger partial charge in [-0.15, -0.1) is 10.2 Å². The van der Waals surface area contributed by atoms with E-state index in [0.717, 1.165) is 24.3 Å². The molecular formula is C21H13ClFN7O4S. The average Bonchev–Trinajstić information content (AvgIpc) is 3.50. The van der Waals surface area contributed by atoms with E-state index in [4.69, 9.17) is 16.1 Å². The van der Waals surface area contributed by atoms with Gasteiger partial charge in [0.1, 0.15) is 5.82 Å². The fourth-order valence-electron chi connectivity index (χ4n) is 3.26. The summed E-state index contributed by atoms with van der Waals surface area (Å²) < 4.78 is 45.8. The Hall–Kier alpha value is -4.36. The largest absolute Gasteiger partial charge is 0.355 e. The van der Waals surface area contributed by atoms with Crippen molar-refractivity contribution in [2.45, 2.75) is 4.90 Å². The third-order valence-electron chi connectivity index (χ3n) is 4.88. The molecule has 5 aromatic rings. The molecule has 14 heteroatoms. The van der Waals surface area contributed by atoms with Crippen LogP contribution in [0.25, 0.3) is 22.4 Å². The van der Waals surface area contributed by atoms with Crippen molar-refractivity contribution in [3.8, 4) is 11.4 Å². The Labute approximate surface area is 201 Å². The molecule has 0 spiro atoms. The molecule has 0 saturated carbocycles. The quantitative estimate of drug-likeness (QED) is 0.309. The lowest BCUT2D eigenvalue weighted by molar-refractivity contribution is 0.102. The number of hydrogen-bond acceptors (Lipinski definition) is 8. The summed E-state index contributed by atoms with van der Waals surface area (Å²) in [6.07, 6.45) is 0. The molecule has 0 atom stereocenters. The highest BCUT2D eigenvalue weighted by Crippen LogP contribution is 2.30. The predicted molar refractivity (Wildman–Crippen MR) is 124 cm³/mol. The lowest BCUT2D eigenvalue weighted by Gasteiger charge is -2.09. The molecule has 5 rings (SSSR count). The zero-order chi connectivity index (χ0) is 24.6. The number of H-pyrrole nitrogens is 1. The number of anilines is 2. The van der Waals surface area contributed by atoms with E-state index in [0.29, 0.717) is 21.7 Å². The molecule has 0 radical (unpaired) electrons. The van der Waals surface area contributed by atoms with Crippen LogP contribution >= 0.6 is 11.6 Å². The number of amides is 1. The van der Waals surface area contributed by atoms with Crippen LogP contribution in [0, 0.1) is 5.82 Å². The number of carbonyl (C=O) groups excluding carboxylic acids is 1. The van der Waals surface area contributed by atoms with Crippen LogP contribution in [0.3, 0.4) is 0 Å². The minimum Gasteiger partial charge on any atom is -0.355 e. The molecule has 0 unspecified atom stereocenters. The summed E-state index contributed by atoms with van der Waals surface area (Å²) in [5.74, 6) is -0.915. The number of aromatic amines is 1. The third-order valence-corrected chi connectivity index (χ3v) is 6.51. The molecule has 0 bridgehead atoms. The monoisotopic (exact) mass is 513 g/mol. The van der Waals surface area contributed by atoms with Crippen LogP contribution in [0.1, 0.15) is 10.5 Å². The van der Waals surface area contributed by atoms with Gasteiger partial charge >= 0.3 is 0 Å². The predicted octanol–water partition coefficient (Wildman–Crippen LogP) is 3.85. The van der Waals surface area contributed by atoms with E-state index in [1.165, 1.54) is 18.2 Å². The number of tetrazole rings is 1. The summed E-state index contributed by atoms with van der Waals surface area (Å²) in [4.78, 5) is 12.8. The number of carbonyl (C=O) groups is 1. The van der Waals surface area contributed by atoms with Gasteiger partial charge in [0.15, 0.2) is 11.3 Å². The van der Waals surface area contributed by atoms with E-state index >= 15 is 0 Å². The van der Waals surface area contributed by atoms with Crippen molar-refractivity contribution in [1.82, 2.24) is 25.8 Å².